The molecule has 1 aromatic carbocycles. The predicted molar refractivity (Wildman–Crippen MR) is 121 cm³/mol. The molecule has 1 aliphatic heterocycles. The third-order valence-electron chi connectivity index (χ3n) is 7.46. The smallest absolute Gasteiger partial charge is 0.260 e. The number of carbonyl (C=O) groups is 1. The van der Waals surface area contributed by atoms with Gasteiger partial charge < -0.3 is 9.64 Å². The van der Waals surface area contributed by atoms with Gasteiger partial charge in [0, 0.05) is 25.0 Å². The number of alkyl halides is 1. The zero-order chi connectivity index (χ0) is 23.6. The second-order valence-electron chi connectivity index (χ2n) is 9.98. The van der Waals surface area contributed by atoms with Gasteiger partial charge in [0.05, 0.1) is 19.0 Å². The molecule has 0 unspecified atom stereocenters. The number of sulfonamides is 1. The van der Waals surface area contributed by atoms with Crippen molar-refractivity contribution in [3.8, 4) is 0 Å². The first-order chi connectivity index (χ1) is 15.6. The number of hydrogen-bond donors (Lipinski definition) is 1. The molecule has 1 saturated heterocycles. The summed E-state index contributed by atoms with van der Waals surface area (Å²) in [6, 6.07) is 6.41. The van der Waals surface area contributed by atoms with Gasteiger partial charge in [0.2, 0.25) is 10.0 Å². The topological polar surface area (TPSA) is 75.7 Å². The van der Waals surface area contributed by atoms with Crippen LogP contribution >= 0.6 is 0 Å². The van der Waals surface area contributed by atoms with Crippen molar-refractivity contribution >= 4 is 15.9 Å². The summed E-state index contributed by atoms with van der Waals surface area (Å²) in [6.45, 7) is 0.939. The molecule has 2 atom stereocenters. The van der Waals surface area contributed by atoms with Gasteiger partial charge in [-0.05, 0) is 75.0 Å². The largest absolute Gasteiger partial charge is 0.378 e. The van der Waals surface area contributed by atoms with Crippen molar-refractivity contribution in [3.05, 3.63) is 35.6 Å². The second kappa shape index (κ2) is 9.96. The van der Waals surface area contributed by atoms with E-state index in [1.807, 2.05) is 6.07 Å². The van der Waals surface area contributed by atoms with Crippen molar-refractivity contribution in [2.45, 2.75) is 75.1 Å². The van der Waals surface area contributed by atoms with Crippen LogP contribution < -0.4 is 4.72 Å². The van der Waals surface area contributed by atoms with E-state index in [4.69, 9.17) is 4.74 Å². The van der Waals surface area contributed by atoms with Crippen LogP contribution in [0.1, 0.15) is 62.8 Å². The highest BCUT2D eigenvalue weighted by Gasteiger charge is 2.48. The standard InChI is InChI=1S/C24H34F2N2O4S/c1-33(30,31)27-22-10-13-28(23(29)24(26)11-3-12-24)15-19(22)16-32-21-8-6-17(7-9-21)18-4-2-5-20(25)14-18/h2,4-5,14,17,19,21-22,27H,3,6-13,15-16H2,1H3/t17?,19-,21?,22-/m0/s1. The number of carbonyl (C=O) groups excluding carboxylic acids is 1. The second-order valence-corrected chi connectivity index (χ2v) is 11.8. The van der Waals surface area contributed by atoms with Crippen LogP contribution in [0.15, 0.2) is 24.3 Å². The fourth-order valence-electron chi connectivity index (χ4n) is 5.38. The number of likely N-dealkylation sites (tertiary alicyclic amines) is 1. The van der Waals surface area contributed by atoms with E-state index in [9.17, 15) is 22.0 Å². The Morgan fingerprint density at radius 2 is 1.94 bits per heavy atom. The van der Waals surface area contributed by atoms with Crippen molar-refractivity contribution in [2.24, 2.45) is 5.92 Å². The Bertz CT molecular complexity index is 946. The van der Waals surface area contributed by atoms with Crippen LogP contribution in [0.3, 0.4) is 0 Å². The monoisotopic (exact) mass is 484 g/mol. The molecule has 3 aliphatic rings. The van der Waals surface area contributed by atoms with Gasteiger partial charge in [-0.15, -0.1) is 0 Å². The van der Waals surface area contributed by atoms with Crippen molar-refractivity contribution in [1.82, 2.24) is 9.62 Å². The highest BCUT2D eigenvalue weighted by Crippen LogP contribution is 2.39. The van der Waals surface area contributed by atoms with Gasteiger partial charge in [0.1, 0.15) is 5.82 Å². The lowest BCUT2D eigenvalue weighted by atomic mass is 9.80. The Morgan fingerprint density at radius 1 is 1.21 bits per heavy atom. The van der Waals surface area contributed by atoms with Crippen LogP contribution in [-0.4, -0.2) is 63.0 Å². The van der Waals surface area contributed by atoms with Gasteiger partial charge in [-0.2, -0.15) is 0 Å². The maximum Gasteiger partial charge on any atom is 0.260 e. The molecule has 3 fully saturated rings. The van der Waals surface area contributed by atoms with Gasteiger partial charge in [-0.25, -0.2) is 21.9 Å². The summed E-state index contributed by atoms with van der Waals surface area (Å²) in [5.41, 5.74) is -0.735. The Hall–Kier alpha value is -1.58. The third-order valence-corrected chi connectivity index (χ3v) is 8.19. The molecular formula is C24H34F2N2O4S. The summed E-state index contributed by atoms with van der Waals surface area (Å²) in [7, 11) is -3.41. The van der Waals surface area contributed by atoms with Crippen molar-refractivity contribution in [2.75, 3.05) is 26.0 Å². The first-order valence-corrected chi connectivity index (χ1v) is 13.8. The first kappa shape index (κ1) is 24.5. The van der Waals surface area contributed by atoms with E-state index in [1.54, 1.807) is 17.0 Å². The summed E-state index contributed by atoms with van der Waals surface area (Å²) in [6.07, 6.45) is 6.35. The van der Waals surface area contributed by atoms with Gasteiger partial charge in [-0.3, -0.25) is 4.79 Å². The van der Waals surface area contributed by atoms with Crippen LogP contribution in [0.2, 0.25) is 0 Å². The van der Waals surface area contributed by atoms with Crippen molar-refractivity contribution in [1.29, 1.82) is 0 Å². The van der Waals surface area contributed by atoms with Gasteiger partial charge in [0.15, 0.2) is 5.67 Å². The van der Waals surface area contributed by atoms with Crippen LogP contribution in [0.4, 0.5) is 8.78 Å². The molecular weight excluding hydrogens is 450 g/mol. The number of ether oxygens (including phenoxy) is 1. The van der Waals surface area contributed by atoms with E-state index in [0.29, 0.717) is 25.5 Å². The minimum Gasteiger partial charge on any atom is -0.378 e. The lowest BCUT2D eigenvalue weighted by molar-refractivity contribution is -0.153. The van der Waals surface area contributed by atoms with E-state index >= 15 is 0 Å². The molecule has 0 spiro atoms. The molecule has 0 bridgehead atoms. The van der Waals surface area contributed by atoms with E-state index in [2.05, 4.69) is 4.72 Å². The van der Waals surface area contributed by atoms with E-state index in [0.717, 1.165) is 43.9 Å². The number of piperidine rings is 1. The highest BCUT2D eigenvalue weighted by atomic mass is 32.2. The van der Waals surface area contributed by atoms with Crippen LogP contribution in [0.5, 0.6) is 0 Å². The number of nitrogens with one attached hydrogen (secondary N) is 1. The first-order valence-electron chi connectivity index (χ1n) is 12.0. The molecule has 0 radical (unpaired) electrons. The SMILES string of the molecule is CS(=O)(=O)N[C@H]1CCN(C(=O)C2(F)CCC2)C[C@H]1COC1CCC(c2cccc(F)c2)CC1. The molecule has 2 aliphatic carbocycles. The Balaban J connectivity index is 1.33. The predicted octanol–water partition coefficient (Wildman–Crippen LogP) is 3.53. The Morgan fingerprint density at radius 3 is 2.55 bits per heavy atom. The van der Waals surface area contributed by atoms with Crippen molar-refractivity contribution < 1.29 is 26.7 Å². The molecule has 6 nitrogen and oxygen atoms in total. The zero-order valence-corrected chi connectivity index (χ0v) is 20.0. The third kappa shape index (κ3) is 6.11. The number of nitrogens with zero attached hydrogens (tertiary/aromatic N) is 1. The Kier molecular flexibility index (Phi) is 7.41. The highest BCUT2D eigenvalue weighted by molar-refractivity contribution is 7.88. The van der Waals surface area contributed by atoms with Gasteiger partial charge in [0.25, 0.3) is 5.91 Å². The minimum atomic E-state index is -3.41. The lowest BCUT2D eigenvalue weighted by Crippen LogP contribution is -2.58. The molecule has 184 valence electrons. The average molecular weight is 485 g/mol. The quantitative estimate of drug-likeness (QED) is 0.643. The van der Waals surface area contributed by atoms with Gasteiger partial charge >= 0.3 is 0 Å². The zero-order valence-electron chi connectivity index (χ0n) is 19.1. The molecule has 1 amide bonds. The van der Waals surface area contributed by atoms with Crippen LogP contribution in [0, 0.1) is 11.7 Å². The molecule has 4 rings (SSSR count). The Labute approximate surface area is 195 Å². The molecule has 9 heteroatoms. The van der Waals surface area contributed by atoms with Crippen LogP contribution in [0.25, 0.3) is 0 Å². The fraction of sp³-hybridized carbons (Fsp3) is 0.708. The molecule has 0 aromatic heterocycles. The van der Waals surface area contributed by atoms with E-state index in [1.165, 1.54) is 6.07 Å². The summed E-state index contributed by atoms with van der Waals surface area (Å²) < 4.78 is 60.8. The lowest BCUT2D eigenvalue weighted by Gasteiger charge is -2.43. The van der Waals surface area contributed by atoms with Crippen molar-refractivity contribution in [3.63, 3.8) is 0 Å². The summed E-state index contributed by atoms with van der Waals surface area (Å²) >= 11 is 0. The normalized spacial score (nSPS) is 30.0. The summed E-state index contributed by atoms with van der Waals surface area (Å²) in [4.78, 5) is 14.2. The molecule has 33 heavy (non-hydrogen) atoms. The number of benzene rings is 1. The number of amides is 1. The molecule has 2 saturated carbocycles. The molecule has 1 heterocycles. The van der Waals surface area contributed by atoms with E-state index < -0.39 is 21.6 Å². The number of halogens is 2. The number of hydrogen-bond acceptors (Lipinski definition) is 4. The number of rotatable bonds is 7. The molecule has 1 N–H and O–H groups in total. The minimum absolute atomic E-state index is 0.0407. The maximum absolute atomic E-state index is 14.7. The summed E-state index contributed by atoms with van der Waals surface area (Å²) in [5.74, 6) is -0.607. The maximum atomic E-state index is 14.7. The van der Waals surface area contributed by atoms with Gasteiger partial charge in [-0.1, -0.05) is 12.1 Å². The van der Waals surface area contributed by atoms with Crippen LogP contribution in [-0.2, 0) is 19.6 Å². The fourth-order valence-corrected chi connectivity index (χ4v) is 6.24. The molecule has 1 aromatic rings. The van der Waals surface area contributed by atoms with E-state index in [-0.39, 0.29) is 43.3 Å². The average Bonchev–Trinajstić information content (AvgIpc) is 2.75. The summed E-state index contributed by atoms with van der Waals surface area (Å²) in [5, 5.41) is 0.